The lowest BCUT2D eigenvalue weighted by Crippen LogP contribution is -2.41. The lowest BCUT2D eigenvalue weighted by molar-refractivity contribution is -0.0933. The Kier molecular flexibility index (Phi) is 6.06. The fraction of sp³-hybridized carbons (Fsp3) is 0.417. The third kappa shape index (κ3) is 4.46. The molecule has 2 aliphatic rings. The summed E-state index contributed by atoms with van der Waals surface area (Å²) in [7, 11) is 3.42. The molecule has 3 aromatic rings. The van der Waals surface area contributed by atoms with Crippen molar-refractivity contribution < 1.29 is 19.0 Å². The Labute approximate surface area is 192 Å². The standard InChI is InChI=1S/C24H27N5O4/c1-28(14-17-15-32-11-12-33-17)23(30)19-13-26-29(22(19)16-7-8-16)24-25-10-9-20(27-24)18-5-3-4-6-21(18)31-2/h3-6,9-10,13,16-17H,7-8,11-12,14-15H2,1-2H3/t17-/m0/s1. The number of likely N-dealkylation sites (N-methyl/N-ethyl adjacent to an activating group) is 1. The van der Waals surface area contributed by atoms with E-state index < -0.39 is 0 Å². The van der Waals surface area contributed by atoms with Crippen LogP contribution in [0.5, 0.6) is 5.75 Å². The van der Waals surface area contributed by atoms with Gasteiger partial charge in [0.1, 0.15) is 5.75 Å². The van der Waals surface area contributed by atoms with Crippen LogP contribution in [0.1, 0.15) is 34.8 Å². The van der Waals surface area contributed by atoms with Gasteiger partial charge in [-0.2, -0.15) is 5.10 Å². The van der Waals surface area contributed by atoms with E-state index in [4.69, 9.17) is 19.2 Å². The minimum Gasteiger partial charge on any atom is -0.496 e. The summed E-state index contributed by atoms with van der Waals surface area (Å²) in [4.78, 5) is 24.2. The van der Waals surface area contributed by atoms with E-state index in [0.717, 1.165) is 35.5 Å². The maximum atomic E-state index is 13.3. The number of para-hydroxylation sites is 1. The Morgan fingerprint density at radius 1 is 1.24 bits per heavy atom. The molecule has 1 aliphatic carbocycles. The number of ether oxygens (including phenoxy) is 3. The van der Waals surface area contributed by atoms with Crippen LogP contribution in [0.25, 0.3) is 17.2 Å². The molecule has 33 heavy (non-hydrogen) atoms. The summed E-state index contributed by atoms with van der Waals surface area (Å²) in [6.45, 7) is 2.11. The van der Waals surface area contributed by atoms with Gasteiger partial charge in [-0.05, 0) is 31.0 Å². The van der Waals surface area contributed by atoms with Crippen LogP contribution < -0.4 is 4.74 Å². The number of aromatic nitrogens is 4. The fourth-order valence-corrected chi connectivity index (χ4v) is 4.12. The molecule has 1 aliphatic heterocycles. The molecule has 0 radical (unpaired) electrons. The first-order valence-corrected chi connectivity index (χ1v) is 11.1. The van der Waals surface area contributed by atoms with Gasteiger partial charge in [0.15, 0.2) is 0 Å². The molecule has 0 N–H and O–H groups in total. The third-order valence-electron chi connectivity index (χ3n) is 5.93. The second-order valence-corrected chi connectivity index (χ2v) is 8.33. The van der Waals surface area contributed by atoms with E-state index in [9.17, 15) is 4.79 Å². The van der Waals surface area contributed by atoms with E-state index in [1.807, 2.05) is 30.3 Å². The number of carbonyl (C=O) groups excluding carboxylic acids is 1. The van der Waals surface area contributed by atoms with Gasteiger partial charge < -0.3 is 19.1 Å². The average Bonchev–Trinajstić information content (AvgIpc) is 3.61. The number of rotatable bonds is 7. The van der Waals surface area contributed by atoms with Crippen LogP contribution in [0.2, 0.25) is 0 Å². The molecule has 1 aromatic carbocycles. The van der Waals surface area contributed by atoms with Gasteiger partial charge in [-0.15, -0.1) is 0 Å². The Morgan fingerprint density at radius 2 is 2.09 bits per heavy atom. The van der Waals surface area contributed by atoms with Crippen LogP contribution in [0, 0.1) is 0 Å². The summed E-state index contributed by atoms with van der Waals surface area (Å²) in [6.07, 6.45) is 5.25. The molecule has 3 heterocycles. The van der Waals surface area contributed by atoms with Crippen molar-refractivity contribution in [1.29, 1.82) is 0 Å². The van der Waals surface area contributed by atoms with E-state index in [0.29, 0.717) is 37.9 Å². The minimum absolute atomic E-state index is 0.0850. The molecule has 5 rings (SSSR count). The van der Waals surface area contributed by atoms with Crippen LogP contribution in [-0.4, -0.2) is 77.2 Å². The maximum absolute atomic E-state index is 13.3. The van der Waals surface area contributed by atoms with Crippen LogP contribution in [0.3, 0.4) is 0 Å². The third-order valence-corrected chi connectivity index (χ3v) is 5.93. The summed E-state index contributed by atoms with van der Waals surface area (Å²) in [5, 5.41) is 4.53. The Bertz CT molecular complexity index is 1140. The van der Waals surface area contributed by atoms with Gasteiger partial charge >= 0.3 is 0 Å². The van der Waals surface area contributed by atoms with Crippen LogP contribution >= 0.6 is 0 Å². The van der Waals surface area contributed by atoms with Crippen molar-refractivity contribution in [2.75, 3.05) is 40.5 Å². The second-order valence-electron chi connectivity index (χ2n) is 8.33. The van der Waals surface area contributed by atoms with Gasteiger partial charge in [0.05, 0.1) is 56.2 Å². The lowest BCUT2D eigenvalue weighted by Gasteiger charge is -2.27. The van der Waals surface area contributed by atoms with Crippen molar-refractivity contribution >= 4 is 5.91 Å². The van der Waals surface area contributed by atoms with E-state index in [2.05, 4.69) is 10.1 Å². The highest BCUT2D eigenvalue weighted by molar-refractivity contribution is 5.95. The lowest BCUT2D eigenvalue weighted by atomic mass is 10.1. The molecule has 2 fully saturated rings. The highest BCUT2D eigenvalue weighted by Gasteiger charge is 2.35. The molecule has 2 aromatic heterocycles. The highest BCUT2D eigenvalue weighted by atomic mass is 16.6. The van der Waals surface area contributed by atoms with Crippen LogP contribution in [-0.2, 0) is 9.47 Å². The molecule has 9 nitrogen and oxygen atoms in total. The van der Waals surface area contributed by atoms with Crippen molar-refractivity contribution in [3.05, 3.63) is 54.0 Å². The summed E-state index contributed by atoms with van der Waals surface area (Å²) in [5.41, 5.74) is 3.05. The van der Waals surface area contributed by atoms with Crippen LogP contribution in [0.4, 0.5) is 0 Å². The van der Waals surface area contributed by atoms with E-state index in [1.165, 1.54) is 0 Å². The summed E-state index contributed by atoms with van der Waals surface area (Å²) in [6, 6.07) is 9.55. The minimum atomic E-state index is -0.118. The maximum Gasteiger partial charge on any atom is 0.257 e. The zero-order valence-electron chi connectivity index (χ0n) is 18.8. The molecule has 0 unspecified atom stereocenters. The number of hydrogen-bond acceptors (Lipinski definition) is 7. The SMILES string of the molecule is COc1ccccc1-c1ccnc(-n2ncc(C(=O)N(C)C[C@H]3COCCO3)c2C2CC2)n1. The molecule has 0 bridgehead atoms. The topological polar surface area (TPSA) is 91.6 Å². The molecule has 0 spiro atoms. The first kappa shape index (κ1) is 21.5. The summed E-state index contributed by atoms with van der Waals surface area (Å²) in [5.74, 6) is 1.35. The molecule has 1 saturated carbocycles. The number of nitrogens with zero attached hydrogens (tertiary/aromatic N) is 5. The zero-order valence-corrected chi connectivity index (χ0v) is 18.8. The fourth-order valence-electron chi connectivity index (χ4n) is 4.12. The predicted octanol–water partition coefficient (Wildman–Crippen LogP) is 2.70. The number of amides is 1. The van der Waals surface area contributed by atoms with Crippen molar-refractivity contribution in [3.63, 3.8) is 0 Å². The molecular weight excluding hydrogens is 422 g/mol. The summed E-state index contributed by atoms with van der Waals surface area (Å²) < 4.78 is 18.4. The van der Waals surface area contributed by atoms with Gasteiger partial charge in [0.25, 0.3) is 11.9 Å². The van der Waals surface area contributed by atoms with Gasteiger partial charge in [-0.1, -0.05) is 12.1 Å². The highest BCUT2D eigenvalue weighted by Crippen LogP contribution is 2.42. The predicted molar refractivity (Wildman–Crippen MR) is 121 cm³/mol. The van der Waals surface area contributed by atoms with E-state index in [1.54, 1.807) is 36.1 Å². The van der Waals surface area contributed by atoms with Crippen molar-refractivity contribution in [3.8, 4) is 23.0 Å². The van der Waals surface area contributed by atoms with E-state index >= 15 is 0 Å². The van der Waals surface area contributed by atoms with Gasteiger partial charge in [0.2, 0.25) is 0 Å². The quantitative estimate of drug-likeness (QED) is 0.548. The molecular formula is C24H27N5O4. The number of hydrogen-bond donors (Lipinski definition) is 0. The number of benzene rings is 1. The van der Waals surface area contributed by atoms with Crippen molar-refractivity contribution in [2.45, 2.75) is 24.9 Å². The Balaban J connectivity index is 1.45. The van der Waals surface area contributed by atoms with E-state index in [-0.39, 0.29) is 17.9 Å². The van der Waals surface area contributed by atoms with Gasteiger partial charge in [-0.25, -0.2) is 14.6 Å². The molecule has 1 saturated heterocycles. The molecule has 1 amide bonds. The molecule has 1 atom stereocenters. The number of carbonyl (C=O) groups is 1. The second kappa shape index (κ2) is 9.29. The largest absolute Gasteiger partial charge is 0.496 e. The summed E-state index contributed by atoms with van der Waals surface area (Å²) >= 11 is 0. The monoisotopic (exact) mass is 449 g/mol. The van der Waals surface area contributed by atoms with Crippen LogP contribution in [0.15, 0.2) is 42.7 Å². The Morgan fingerprint density at radius 3 is 2.85 bits per heavy atom. The average molecular weight is 450 g/mol. The molecule has 172 valence electrons. The van der Waals surface area contributed by atoms with Gasteiger partial charge in [-0.3, -0.25) is 4.79 Å². The van der Waals surface area contributed by atoms with Crippen molar-refractivity contribution in [2.24, 2.45) is 0 Å². The normalized spacial score (nSPS) is 18.2. The van der Waals surface area contributed by atoms with Gasteiger partial charge in [0, 0.05) is 31.3 Å². The Hall–Kier alpha value is -3.30. The number of methoxy groups -OCH3 is 1. The zero-order chi connectivity index (χ0) is 22.8. The first-order chi connectivity index (χ1) is 16.2. The smallest absolute Gasteiger partial charge is 0.257 e. The first-order valence-electron chi connectivity index (χ1n) is 11.1. The molecule has 9 heteroatoms. The van der Waals surface area contributed by atoms with Crippen molar-refractivity contribution in [1.82, 2.24) is 24.6 Å².